The minimum absolute atomic E-state index is 0.103. The fraction of sp³-hybridized carbons (Fsp3) is 0.932. The van der Waals surface area contributed by atoms with E-state index in [2.05, 4.69) is 41.5 Å². The molecular weight excluding hydrogens is 1040 g/mol. The van der Waals surface area contributed by atoms with Gasteiger partial charge >= 0.3 is 39.5 Å². The summed E-state index contributed by atoms with van der Waals surface area (Å²) in [5, 5.41) is 10.5. The third-order valence-corrected chi connectivity index (χ3v) is 15.4. The highest BCUT2D eigenvalue weighted by atomic mass is 31.2. The van der Waals surface area contributed by atoms with Crippen LogP contribution >= 0.6 is 15.6 Å². The molecule has 0 aromatic heterocycles. The molecule has 0 amide bonds. The van der Waals surface area contributed by atoms with Crippen LogP contribution in [-0.4, -0.2) is 96.7 Å². The average molecular weight is 1160 g/mol. The van der Waals surface area contributed by atoms with Crippen LogP contribution in [0.25, 0.3) is 0 Å². The van der Waals surface area contributed by atoms with Crippen molar-refractivity contribution < 1.29 is 80.2 Å². The molecule has 0 aliphatic carbocycles. The molecule has 5 atom stereocenters. The van der Waals surface area contributed by atoms with Crippen LogP contribution in [0.4, 0.5) is 0 Å². The van der Waals surface area contributed by atoms with Crippen LogP contribution in [0.3, 0.4) is 0 Å². The van der Waals surface area contributed by atoms with Gasteiger partial charge in [0.2, 0.25) is 0 Å². The van der Waals surface area contributed by atoms with Gasteiger partial charge in [-0.2, -0.15) is 0 Å². The van der Waals surface area contributed by atoms with E-state index in [-0.39, 0.29) is 25.7 Å². The largest absolute Gasteiger partial charge is 0.472 e. The number of esters is 4. The van der Waals surface area contributed by atoms with Gasteiger partial charge in [0, 0.05) is 25.7 Å². The van der Waals surface area contributed by atoms with E-state index in [0.717, 1.165) is 109 Å². The summed E-state index contributed by atoms with van der Waals surface area (Å²) in [4.78, 5) is 71.8. The first kappa shape index (κ1) is 76.1. The number of carbonyl (C=O) groups excluding carboxylic acids is 4. The molecule has 0 saturated carbocycles. The molecule has 0 rings (SSSR count). The fourth-order valence-corrected chi connectivity index (χ4v) is 10.2. The first-order valence-corrected chi connectivity index (χ1v) is 34.0. The van der Waals surface area contributed by atoms with E-state index in [0.29, 0.717) is 37.5 Å². The van der Waals surface area contributed by atoms with E-state index < -0.39 is 97.5 Å². The SMILES string of the molecule is CCCCCCCCCCCCCC(=O)O[C@H](COC(=O)CCCCCCCCCC(C)C)COP(=O)(O)OC[C@@H](O)COP(=O)(O)OC[C@@H](COC(=O)CCCCCCCCC)OC(=O)CCCCCCCCCC(C)C. The van der Waals surface area contributed by atoms with Crippen molar-refractivity contribution in [2.75, 3.05) is 39.6 Å². The number of ether oxygens (including phenoxy) is 4. The number of unbranched alkanes of at least 4 members (excludes halogenated alkanes) is 28. The molecule has 0 spiro atoms. The molecule has 0 aromatic carbocycles. The topological polar surface area (TPSA) is 237 Å². The fourth-order valence-electron chi connectivity index (χ4n) is 8.65. The Balaban J connectivity index is 5.22. The number of phosphoric acid groups is 2. The number of aliphatic hydroxyl groups excluding tert-OH is 1. The lowest BCUT2D eigenvalue weighted by atomic mass is 10.0. The van der Waals surface area contributed by atoms with Gasteiger partial charge in [0.05, 0.1) is 26.4 Å². The molecule has 462 valence electrons. The zero-order valence-electron chi connectivity index (χ0n) is 50.0. The summed E-state index contributed by atoms with van der Waals surface area (Å²) in [7, 11) is -9.87. The number of hydrogen-bond donors (Lipinski definition) is 3. The Labute approximate surface area is 473 Å². The van der Waals surface area contributed by atoms with Crippen LogP contribution < -0.4 is 0 Å². The number of carbonyl (C=O) groups is 4. The highest BCUT2D eigenvalue weighted by molar-refractivity contribution is 7.47. The van der Waals surface area contributed by atoms with Crippen molar-refractivity contribution in [3.63, 3.8) is 0 Å². The summed E-state index contributed by atoms with van der Waals surface area (Å²) in [5.41, 5.74) is 0. The number of phosphoric ester groups is 2. The minimum atomic E-state index is -4.94. The molecular formula is C59H114O17P2. The van der Waals surface area contributed by atoms with E-state index >= 15 is 0 Å². The van der Waals surface area contributed by atoms with Gasteiger partial charge in [-0.25, -0.2) is 9.13 Å². The molecule has 19 heteroatoms. The minimum Gasteiger partial charge on any atom is -0.462 e. The Morgan fingerprint density at radius 3 is 0.872 bits per heavy atom. The molecule has 78 heavy (non-hydrogen) atoms. The summed E-state index contributed by atoms with van der Waals surface area (Å²) < 4.78 is 67.7. The van der Waals surface area contributed by atoms with Gasteiger partial charge in [0.1, 0.15) is 19.3 Å². The van der Waals surface area contributed by atoms with Crippen molar-refractivity contribution in [3.05, 3.63) is 0 Å². The monoisotopic (exact) mass is 1160 g/mol. The maximum absolute atomic E-state index is 12.9. The summed E-state index contributed by atoms with van der Waals surface area (Å²) in [6.07, 6.45) is 32.3. The van der Waals surface area contributed by atoms with E-state index in [9.17, 15) is 43.2 Å². The molecule has 0 saturated heterocycles. The maximum atomic E-state index is 12.9. The number of aliphatic hydroxyl groups is 1. The van der Waals surface area contributed by atoms with Crippen LogP contribution in [0.2, 0.25) is 0 Å². The van der Waals surface area contributed by atoms with Crippen molar-refractivity contribution in [2.24, 2.45) is 11.8 Å². The molecule has 0 bridgehead atoms. The highest BCUT2D eigenvalue weighted by Gasteiger charge is 2.30. The van der Waals surface area contributed by atoms with Crippen LogP contribution in [-0.2, 0) is 65.4 Å². The molecule has 0 fully saturated rings. The van der Waals surface area contributed by atoms with Gasteiger partial charge in [-0.1, -0.05) is 234 Å². The third-order valence-electron chi connectivity index (χ3n) is 13.5. The predicted molar refractivity (Wildman–Crippen MR) is 308 cm³/mol. The van der Waals surface area contributed by atoms with Crippen molar-refractivity contribution in [1.82, 2.24) is 0 Å². The predicted octanol–water partition coefficient (Wildman–Crippen LogP) is 15.7. The first-order chi connectivity index (χ1) is 37.4. The lowest BCUT2D eigenvalue weighted by Crippen LogP contribution is -2.30. The van der Waals surface area contributed by atoms with Gasteiger partial charge in [0.25, 0.3) is 0 Å². The van der Waals surface area contributed by atoms with Crippen molar-refractivity contribution in [3.8, 4) is 0 Å². The molecule has 3 N–H and O–H groups in total. The van der Waals surface area contributed by atoms with E-state index in [1.165, 1.54) is 83.5 Å². The Hall–Kier alpha value is -1.94. The van der Waals surface area contributed by atoms with Gasteiger partial charge in [0.15, 0.2) is 12.2 Å². The van der Waals surface area contributed by atoms with Crippen molar-refractivity contribution in [1.29, 1.82) is 0 Å². The second kappa shape index (κ2) is 51.9. The van der Waals surface area contributed by atoms with Gasteiger partial charge in [-0.05, 0) is 37.5 Å². The van der Waals surface area contributed by atoms with E-state index in [1.807, 2.05) is 0 Å². The second-order valence-corrected chi connectivity index (χ2v) is 25.2. The van der Waals surface area contributed by atoms with Crippen molar-refractivity contribution >= 4 is 39.5 Å². The lowest BCUT2D eigenvalue weighted by Gasteiger charge is -2.21. The summed E-state index contributed by atoms with van der Waals surface area (Å²) in [5.74, 6) is -0.746. The van der Waals surface area contributed by atoms with Crippen molar-refractivity contribution in [2.45, 2.75) is 304 Å². The highest BCUT2D eigenvalue weighted by Crippen LogP contribution is 2.45. The average Bonchev–Trinajstić information content (AvgIpc) is 3.39. The van der Waals surface area contributed by atoms with Crippen LogP contribution in [0.1, 0.15) is 286 Å². The summed E-state index contributed by atoms with van der Waals surface area (Å²) in [6, 6.07) is 0. The second-order valence-electron chi connectivity index (χ2n) is 22.3. The van der Waals surface area contributed by atoms with Gasteiger partial charge in [-0.3, -0.25) is 37.3 Å². The lowest BCUT2D eigenvalue weighted by molar-refractivity contribution is -0.161. The summed E-state index contributed by atoms with van der Waals surface area (Å²) >= 11 is 0. The van der Waals surface area contributed by atoms with Gasteiger partial charge < -0.3 is 33.8 Å². The Morgan fingerprint density at radius 2 is 0.590 bits per heavy atom. The molecule has 0 aliphatic heterocycles. The number of rotatable bonds is 58. The quantitative estimate of drug-likeness (QED) is 0.0222. The molecule has 0 radical (unpaired) electrons. The van der Waals surface area contributed by atoms with Crippen LogP contribution in [0.5, 0.6) is 0 Å². The third kappa shape index (κ3) is 53.4. The molecule has 0 heterocycles. The molecule has 2 unspecified atom stereocenters. The first-order valence-electron chi connectivity index (χ1n) is 31.0. The zero-order valence-corrected chi connectivity index (χ0v) is 51.7. The Bertz CT molecular complexity index is 1550. The number of hydrogen-bond acceptors (Lipinski definition) is 15. The Kier molecular flexibility index (Phi) is 50.6. The van der Waals surface area contributed by atoms with E-state index in [4.69, 9.17) is 37.0 Å². The van der Waals surface area contributed by atoms with Crippen LogP contribution in [0, 0.1) is 11.8 Å². The molecule has 0 aliphatic rings. The van der Waals surface area contributed by atoms with E-state index in [1.54, 1.807) is 0 Å². The Morgan fingerprint density at radius 1 is 0.346 bits per heavy atom. The normalized spacial score (nSPS) is 14.4. The molecule has 0 aromatic rings. The molecule has 17 nitrogen and oxygen atoms in total. The van der Waals surface area contributed by atoms with Crippen LogP contribution in [0.15, 0.2) is 0 Å². The zero-order chi connectivity index (χ0) is 58.0. The maximum Gasteiger partial charge on any atom is 0.472 e. The smallest absolute Gasteiger partial charge is 0.462 e. The van der Waals surface area contributed by atoms with Gasteiger partial charge in [-0.15, -0.1) is 0 Å². The standard InChI is InChI=1S/C59H114O17P2/c1-7-9-11-13-15-16-17-18-24-31-37-43-58(63)75-55(48-70-57(62)42-36-30-25-19-22-27-33-39-51(3)4)50-74-78(67,68)72-46-53(60)45-71-77(65,66)73-49-54(47-69-56(61)41-35-29-21-14-12-10-8-2)76-59(64)44-38-32-26-20-23-28-34-40-52(5)6/h51-55,60H,7-50H2,1-6H3,(H,65,66)(H,67,68)/t53-,54+,55+/m0/s1. The summed E-state index contributed by atoms with van der Waals surface area (Å²) in [6.45, 7) is 9.29.